The topological polar surface area (TPSA) is 34.9 Å². The molecule has 1 aromatic heterocycles. The highest BCUT2D eigenvalue weighted by Gasteiger charge is 2.59. The van der Waals surface area contributed by atoms with E-state index in [2.05, 4.69) is 18.9 Å². The first-order chi connectivity index (χ1) is 13.9. The van der Waals surface area contributed by atoms with Crippen LogP contribution in [0.2, 0.25) is 5.02 Å². The lowest BCUT2D eigenvalue weighted by Gasteiger charge is -2.63. The Morgan fingerprint density at radius 2 is 1.86 bits per heavy atom. The minimum atomic E-state index is 0.186. The van der Waals surface area contributed by atoms with E-state index < -0.39 is 0 Å². The molecule has 0 bridgehead atoms. The van der Waals surface area contributed by atoms with Gasteiger partial charge in [-0.1, -0.05) is 44.7 Å². The van der Waals surface area contributed by atoms with Crippen LogP contribution < -0.4 is 0 Å². The van der Waals surface area contributed by atoms with Crippen LogP contribution in [-0.4, -0.2) is 15.6 Å². The summed E-state index contributed by atoms with van der Waals surface area (Å²) in [4.78, 5) is 13.4. The van der Waals surface area contributed by atoms with Crippen molar-refractivity contribution in [1.29, 1.82) is 0 Å². The van der Waals surface area contributed by atoms with E-state index in [0.717, 1.165) is 30.1 Å². The Labute approximate surface area is 181 Å². The lowest BCUT2D eigenvalue weighted by atomic mass is 9.41. The first kappa shape index (κ1) is 20.1. The van der Waals surface area contributed by atoms with Gasteiger partial charge in [-0.15, -0.1) is 0 Å². The van der Waals surface area contributed by atoms with E-state index in [1.54, 1.807) is 17.1 Å². The largest absolute Gasteiger partial charge is 0.297 e. The number of Topliss-reactive ketones (excluding diaryl/α,β-unsaturated/α-hetero) is 1. The second kappa shape index (κ2) is 7.39. The third-order valence-electron chi connectivity index (χ3n) is 10.1. The number of nitrogens with zero attached hydrogens (tertiary/aromatic N) is 2. The quantitative estimate of drug-likeness (QED) is 0.560. The third kappa shape index (κ3) is 3.22. The van der Waals surface area contributed by atoms with Crippen LogP contribution in [0.25, 0.3) is 0 Å². The first-order valence-corrected chi connectivity index (χ1v) is 12.5. The van der Waals surface area contributed by atoms with Crippen molar-refractivity contribution in [3.05, 3.63) is 17.4 Å². The second-order valence-electron chi connectivity index (χ2n) is 11.3. The van der Waals surface area contributed by atoms with Crippen molar-refractivity contribution in [2.75, 3.05) is 0 Å². The summed E-state index contributed by atoms with van der Waals surface area (Å²) in [6, 6.07) is 0. The Morgan fingerprint density at radius 3 is 2.66 bits per heavy atom. The molecule has 0 amide bonds. The highest BCUT2D eigenvalue weighted by Crippen LogP contribution is 2.66. The van der Waals surface area contributed by atoms with Gasteiger partial charge in [0, 0.05) is 12.1 Å². The number of ketones is 1. The summed E-state index contributed by atoms with van der Waals surface area (Å²) in [5, 5.41) is 4.88. The Kier molecular flexibility index (Phi) is 5.12. The number of carbonyl (C=O) groups excluding carboxylic acids is 1. The summed E-state index contributed by atoms with van der Waals surface area (Å²) in [6.45, 7) is 5.50. The van der Waals surface area contributed by atoms with Gasteiger partial charge in [0.25, 0.3) is 0 Å². The molecule has 4 aliphatic rings. The van der Waals surface area contributed by atoms with E-state index in [9.17, 15) is 4.79 Å². The van der Waals surface area contributed by atoms with Gasteiger partial charge in [-0.05, 0) is 85.9 Å². The van der Waals surface area contributed by atoms with Crippen LogP contribution in [0.15, 0.2) is 12.4 Å². The van der Waals surface area contributed by atoms with E-state index in [0.29, 0.717) is 22.8 Å². The Hall–Kier alpha value is -0.830. The Morgan fingerprint density at radius 1 is 1.03 bits per heavy atom. The maximum atomic E-state index is 13.4. The van der Waals surface area contributed by atoms with Crippen molar-refractivity contribution in [3.63, 3.8) is 0 Å². The monoisotopic (exact) mass is 416 g/mol. The minimum absolute atomic E-state index is 0.186. The summed E-state index contributed by atoms with van der Waals surface area (Å²) in [7, 11) is 0. The van der Waals surface area contributed by atoms with Gasteiger partial charge in [-0.2, -0.15) is 5.10 Å². The van der Waals surface area contributed by atoms with Gasteiger partial charge < -0.3 is 0 Å². The van der Waals surface area contributed by atoms with Crippen LogP contribution in [0, 0.1) is 40.4 Å². The van der Waals surface area contributed by atoms with Crippen molar-refractivity contribution in [2.24, 2.45) is 40.4 Å². The van der Waals surface area contributed by atoms with Gasteiger partial charge in [0.15, 0.2) is 5.78 Å². The maximum Gasteiger partial charge on any atom is 0.157 e. The summed E-state index contributed by atoms with van der Waals surface area (Å²) < 4.78 is 1.73. The van der Waals surface area contributed by atoms with Crippen molar-refractivity contribution in [3.8, 4) is 0 Å². The highest BCUT2D eigenvalue weighted by molar-refractivity contribution is 6.30. The predicted molar refractivity (Wildman–Crippen MR) is 117 cm³/mol. The third-order valence-corrected chi connectivity index (χ3v) is 10.3. The molecule has 0 N–H and O–H groups in total. The molecule has 4 aliphatic carbocycles. The van der Waals surface area contributed by atoms with Gasteiger partial charge >= 0.3 is 0 Å². The minimum Gasteiger partial charge on any atom is -0.297 e. The molecule has 1 aromatic rings. The SMILES string of the molecule is C[C@]12CCCCC1CC[C@@H]1C2CC[C@@]2(C)C1CCC[C@@H]2C(=O)Cn1cc(Cl)cn1. The van der Waals surface area contributed by atoms with Crippen LogP contribution in [-0.2, 0) is 11.3 Å². The van der Waals surface area contributed by atoms with Crippen molar-refractivity contribution in [2.45, 2.75) is 91.0 Å². The zero-order valence-corrected chi connectivity index (χ0v) is 19.0. The molecule has 0 saturated heterocycles. The summed E-state index contributed by atoms with van der Waals surface area (Å²) in [5.74, 6) is 4.04. The molecule has 0 aliphatic heterocycles. The van der Waals surface area contributed by atoms with Crippen molar-refractivity contribution >= 4 is 17.4 Å². The number of fused-ring (bicyclic) bond motifs is 5. The van der Waals surface area contributed by atoms with Gasteiger partial charge in [-0.3, -0.25) is 9.48 Å². The summed E-state index contributed by atoms with van der Waals surface area (Å²) >= 11 is 6.02. The van der Waals surface area contributed by atoms with Gasteiger partial charge in [-0.25, -0.2) is 0 Å². The smallest absolute Gasteiger partial charge is 0.157 e. The number of aromatic nitrogens is 2. The standard InChI is InChI=1S/C25H37ClN2O/c1-24-12-4-3-6-17(24)9-10-19-20-7-5-8-22(25(20,2)13-11-21(19)24)23(29)16-28-15-18(26)14-27-28/h14-15,17,19-22H,3-13,16H2,1-2H3/t17?,19-,20?,21?,22+,24-,25-/m0/s1. The van der Waals surface area contributed by atoms with Crippen molar-refractivity contribution in [1.82, 2.24) is 9.78 Å². The fourth-order valence-electron chi connectivity index (χ4n) is 8.71. The first-order valence-electron chi connectivity index (χ1n) is 12.1. The molecule has 0 spiro atoms. The molecule has 0 aromatic carbocycles. The van der Waals surface area contributed by atoms with Crippen LogP contribution in [0.5, 0.6) is 0 Å². The molecule has 3 unspecified atom stereocenters. The lowest BCUT2D eigenvalue weighted by molar-refractivity contribution is -0.155. The maximum absolute atomic E-state index is 13.4. The number of carbonyl (C=O) groups is 1. The molecule has 29 heavy (non-hydrogen) atoms. The van der Waals surface area contributed by atoms with Gasteiger partial charge in [0.05, 0.1) is 17.8 Å². The van der Waals surface area contributed by atoms with Crippen LogP contribution >= 0.6 is 11.6 Å². The van der Waals surface area contributed by atoms with E-state index >= 15 is 0 Å². The zero-order chi connectivity index (χ0) is 20.2. The average Bonchev–Trinajstić information content (AvgIpc) is 3.10. The fraction of sp³-hybridized carbons (Fsp3) is 0.840. The lowest BCUT2D eigenvalue weighted by Crippen LogP contribution is -2.56. The normalized spacial score (nSPS) is 44.4. The van der Waals surface area contributed by atoms with Gasteiger partial charge in [0.1, 0.15) is 0 Å². The molecule has 4 fully saturated rings. The van der Waals surface area contributed by atoms with E-state index in [4.69, 9.17) is 11.6 Å². The summed E-state index contributed by atoms with van der Waals surface area (Å²) in [6.07, 6.45) is 18.3. The number of hydrogen-bond donors (Lipinski definition) is 0. The van der Waals surface area contributed by atoms with Crippen LogP contribution in [0.1, 0.15) is 84.5 Å². The number of halogens is 1. The van der Waals surface area contributed by atoms with E-state index in [1.165, 1.54) is 64.2 Å². The zero-order valence-electron chi connectivity index (χ0n) is 18.2. The second-order valence-corrected chi connectivity index (χ2v) is 11.7. The molecule has 4 saturated carbocycles. The Balaban J connectivity index is 1.38. The molecule has 1 heterocycles. The molecule has 3 nitrogen and oxygen atoms in total. The molecular weight excluding hydrogens is 380 g/mol. The highest BCUT2D eigenvalue weighted by atomic mass is 35.5. The number of rotatable bonds is 3. The molecule has 7 atom stereocenters. The molecule has 0 radical (unpaired) electrons. The molecule has 160 valence electrons. The molecule has 5 rings (SSSR count). The number of hydrogen-bond acceptors (Lipinski definition) is 2. The van der Waals surface area contributed by atoms with Crippen molar-refractivity contribution < 1.29 is 4.79 Å². The molecule has 4 heteroatoms. The van der Waals surface area contributed by atoms with Gasteiger partial charge in [0.2, 0.25) is 0 Å². The van der Waals surface area contributed by atoms with Crippen LogP contribution in [0.4, 0.5) is 0 Å². The fourth-order valence-corrected chi connectivity index (χ4v) is 8.87. The van der Waals surface area contributed by atoms with E-state index in [1.807, 2.05) is 0 Å². The summed E-state index contributed by atoms with van der Waals surface area (Å²) in [5.41, 5.74) is 0.760. The van der Waals surface area contributed by atoms with E-state index in [-0.39, 0.29) is 11.3 Å². The van der Waals surface area contributed by atoms with Crippen LogP contribution in [0.3, 0.4) is 0 Å². The Bertz CT molecular complexity index is 775. The molecular formula is C25H37ClN2O. The predicted octanol–water partition coefficient (Wildman–Crippen LogP) is 6.54. The average molecular weight is 417 g/mol.